The van der Waals surface area contributed by atoms with Crippen LogP contribution in [0.5, 0.6) is 5.88 Å². The number of hydrogen-bond acceptors (Lipinski definition) is 10. The predicted octanol–water partition coefficient (Wildman–Crippen LogP) is 0.605. The second kappa shape index (κ2) is 11.2. The number of aromatic amines is 1. The van der Waals surface area contributed by atoms with Gasteiger partial charge in [-0.1, -0.05) is 13.8 Å². The molecule has 13 nitrogen and oxygen atoms in total. The molecule has 202 valence electrons. The van der Waals surface area contributed by atoms with Gasteiger partial charge in [-0.3, -0.25) is 9.48 Å². The molecule has 0 aromatic carbocycles. The van der Waals surface area contributed by atoms with E-state index in [0.717, 1.165) is 12.2 Å². The minimum atomic E-state index is -3.85. The largest absolute Gasteiger partial charge is 0.445 e. The summed E-state index contributed by atoms with van der Waals surface area (Å²) >= 11 is 0. The topological polar surface area (TPSA) is 145 Å². The molecule has 1 N–H and O–H groups in total. The number of nitrogens with zero attached hydrogens (tertiary/aromatic N) is 6. The summed E-state index contributed by atoms with van der Waals surface area (Å²) in [7, 11) is 0.846. The standard InChI is InChI=1S/C23H33N7O6S/c1-6-17-19-20(27-28(17)3)22(31)26-21(25-19)16-12-15(13-24-23(16)36-18(35-5)14-34-4)37(32,33)30-10-8-29(7-2)9-11-30/h12-13,18H,6-11,14H2,1-5H3,(H,25,26,31)/t18-/m1/s1. The fourth-order valence-electron chi connectivity index (χ4n) is 4.33. The highest BCUT2D eigenvalue weighted by Crippen LogP contribution is 2.31. The van der Waals surface area contributed by atoms with Crippen molar-refractivity contribution in [3.05, 3.63) is 28.3 Å². The van der Waals surface area contributed by atoms with Gasteiger partial charge in [-0.05, 0) is 19.0 Å². The van der Waals surface area contributed by atoms with Gasteiger partial charge in [0.15, 0.2) is 5.52 Å². The van der Waals surface area contributed by atoms with Gasteiger partial charge >= 0.3 is 0 Å². The summed E-state index contributed by atoms with van der Waals surface area (Å²) in [5.41, 5.74) is 1.15. The molecule has 3 aromatic heterocycles. The van der Waals surface area contributed by atoms with E-state index in [1.807, 2.05) is 13.8 Å². The molecule has 0 radical (unpaired) electrons. The normalized spacial score (nSPS) is 16.4. The van der Waals surface area contributed by atoms with Crippen LogP contribution in [0.1, 0.15) is 19.5 Å². The van der Waals surface area contributed by atoms with Gasteiger partial charge in [0.05, 0.1) is 17.5 Å². The Labute approximate surface area is 215 Å². The summed E-state index contributed by atoms with van der Waals surface area (Å²) in [6, 6.07) is 1.43. The lowest BCUT2D eigenvalue weighted by molar-refractivity contribution is -0.0949. The number of hydrogen-bond donors (Lipinski definition) is 1. The average Bonchev–Trinajstić information content (AvgIpc) is 3.23. The quantitative estimate of drug-likeness (QED) is 0.367. The maximum absolute atomic E-state index is 13.5. The first-order valence-corrected chi connectivity index (χ1v) is 13.5. The number of ether oxygens (including phenoxy) is 3. The van der Waals surface area contributed by atoms with Crippen LogP contribution in [0, 0.1) is 0 Å². The van der Waals surface area contributed by atoms with Crippen molar-refractivity contribution in [2.45, 2.75) is 31.5 Å². The average molecular weight is 536 g/mol. The third-order valence-corrected chi connectivity index (χ3v) is 8.31. The van der Waals surface area contributed by atoms with Gasteiger partial charge in [0.2, 0.25) is 22.2 Å². The van der Waals surface area contributed by atoms with Crippen molar-refractivity contribution in [1.29, 1.82) is 0 Å². The molecule has 4 rings (SSSR count). The van der Waals surface area contributed by atoms with E-state index in [1.165, 1.54) is 30.8 Å². The van der Waals surface area contributed by atoms with E-state index in [9.17, 15) is 13.2 Å². The van der Waals surface area contributed by atoms with Crippen LogP contribution in [0.2, 0.25) is 0 Å². The molecule has 1 fully saturated rings. The number of methoxy groups -OCH3 is 2. The number of aromatic nitrogens is 5. The highest BCUT2D eigenvalue weighted by atomic mass is 32.2. The molecule has 37 heavy (non-hydrogen) atoms. The van der Waals surface area contributed by atoms with Crippen molar-refractivity contribution in [3.63, 3.8) is 0 Å². The number of rotatable bonds is 10. The van der Waals surface area contributed by atoms with E-state index in [-0.39, 0.29) is 34.3 Å². The van der Waals surface area contributed by atoms with Gasteiger partial charge in [-0.25, -0.2) is 18.4 Å². The summed E-state index contributed by atoms with van der Waals surface area (Å²) in [6.07, 6.45) is 1.03. The monoisotopic (exact) mass is 535 g/mol. The fourth-order valence-corrected chi connectivity index (χ4v) is 5.73. The molecule has 1 atom stereocenters. The Morgan fingerprint density at radius 1 is 1.14 bits per heavy atom. The van der Waals surface area contributed by atoms with Crippen molar-refractivity contribution in [2.75, 3.05) is 53.6 Å². The lowest BCUT2D eigenvalue weighted by atomic mass is 10.2. The first-order chi connectivity index (χ1) is 17.7. The molecular weight excluding hydrogens is 502 g/mol. The Kier molecular flexibility index (Phi) is 8.23. The smallest absolute Gasteiger partial charge is 0.279 e. The minimum absolute atomic E-state index is 0.0230. The van der Waals surface area contributed by atoms with Crippen LogP contribution >= 0.6 is 0 Å². The summed E-state index contributed by atoms with van der Waals surface area (Å²) < 4.78 is 46.4. The van der Waals surface area contributed by atoms with Gasteiger partial charge in [0, 0.05) is 47.4 Å². The summed E-state index contributed by atoms with van der Waals surface area (Å²) in [4.78, 5) is 26.8. The summed E-state index contributed by atoms with van der Waals surface area (Å²) in [5.74, 6) is 0.158. The third kappa shape index (κ3) is 5.38. The Morgan fingerprint density at radius 2 is 1.86 bits per heavy atom. The number of likely N-dealkylation sites (N-methyl/N-ethyl adjacent to an activating group) is 1. The Morgan fingerprint density at radius 3 is 2.49 bits per heavy atom. The van der Waals surface area contributed by atoms with Gasteiger partial charge < -0.3 is 24.1 Å². The van der Waals surface area contributed by atoms with Crippen LogP contribution in [-0.4, -0.2) is 102 Å². The van der Waals surface area contributed by atoms with Crippen molar-refractivity contribution in [1.82, 2.24) is 33.9 Å². The third-order valence-electron chi connectivity index (χ3n) is 6.45. The molecule has 0 amide bonds. The number of pyridine rings is 1. The molecule has 0 spiro atoms. The highest BCUT2D eigenvalue weighted by molar-refractivity contribution is 7.89. The first-order valence-electron chi connectivity index (χ1n) is 12.1. The number of H-pyrrole nitrogens is 1. The van der Waals surface area contributed by atoms with Crippen molar-refractivity contribution in [2.24, 2.45) is 7.05 Å². The van der Waals surface area contributed by atoms with E-state index in [4.69, 9.17) is 14.2 Å². The Bertz CT molecular complexity index is 1410. The van der Waals surface area contributed by atoms with Crippen LogP contribution in [0.15, 0.2) is 22.0 Å². The second-order valence-electron chi connectivity index (χ2n) is 8.64. The number of aryl methyl sites for hydroxylation is 2. The van der Waals surface area contributed by atoms with E-state index in [1.54, 1.807) is 11.7 Å². The molecule has 1 saturated heterocycles. The molecule has 0 unspecified atom stereocenters. The summed E-state index contributed by atoms with van der Waals surface area (Å²) in [6.45, 7) is 7.00. The molecule has 1 aliphatic rings. The van der Waals surface area contributed by atoms with Gasteiger partial charge in [0.25, 0.3) is 5.56 Å². The van der Waals surface area contributed by atoms with Crippen molar-refractivity contribution >= 4 is 21.1 Å². The maximum atomic E-state index is 13.5. The Balaban J connectivity index is 1.83. The van der Waals surface area contributed by atoms with E-state index in [2.05, 4.69) is 25.0 Å². The minimum Gasteiger partial charge on any atom is -0.445 e. The Hall–Kier alpha value is -2.91. The van der Waals surface area contributed by atoms with Crippen LogP contribution in [0.4, 0.5) is 0 Å². The lowest BCUT2D eigenvalue weighted by Crippen LogP contribution is -2.48. The molecule has 3 aromatic rings. The van der Waals surface area contributed by atoms with E-state index < -0.39 is 21.9 Å². The SMILES string of the molecule is CCc1c2nc(-c3cc(S(=O)(=O)N4CCN(CC)CC4)cnc3O[C@H](COC)OC)[nH]c(=O)c2nn1C. The molecule has 1 aliphatic heterocycles. The number of fused-ring (bicyclic) bond motifs is 1. The molecule has 0 aliphatic carbocycles. The summed E-state index contributed by atoms with van der Waals surface area (Å²) in [5, 5.41) is 4.28. The van der Waals surface area contributed by atoms with Gasteiger partial charge in [0.1, 0.15) is 22.8 Å². The van der Waals surface area contributed by atoms with Crippen molar-refractivity contribution in [3.8, 4) is 17.3 Å². The van der Waals surface area contributed by atoms with Crippen molar-refractivity contribution < 1.29 is 22.6 Å². The molecule has 0 saturated carbocycles. The zero-order chi connectivity index (χ0) is 26.7. The van der Waals surface area contributed by atoms with Crippen LogP contribution in [0.25, 0.3) is 22.4 Å². The van der Waals surface area contributed by atoms with E-state index >= 15 is 0 Å². The van der Waals surface area contributed by atoms with Gasteiger partial charge in [-0.2, -0.15) is 9.40 Å². The van der Waals surface area contributed by atoms with Crippen LogP contribution in [0.3, 0.4) is 0 Å². The zero-order valence-corrected chi connectivity index (χ0v) is 22.5. The maximum Gasteiger partial charge on any atom is 0.279 e. The first kappa shape index (κ1) is 27.1. The fraction of sp³-hybridized carbons (Fsp3) is 0.565. The van der Waals surface area contributed by atoms with Gasteiger partial charge in [-0.15, -0.1) is 0 Å². The number of nitrogens with one attached hydrogen (secondary N) is 1. The molecular formula is C23H33N7O6S. The number of sulfonamides is 1. The molecule has 14 heteroatoms. The molecule has 4 heterocycles. The zero-order valence-electron chi connectivity index (χ0n) is 21.7. The van der Waals surface area contributed by atoms with Crippen LogP contribution < -0.4 is 10.3 Å². The predicted molar refractivity (Wildman–Crippen MR) is 136 cm³/mol. The lowest BCUT2D eigenvalue weighted by Gasteiger charge is -2.33. The van der Waals surface area contributed by atoms with E-state index in [0.29, 0.717) is 38.1 Å². The van der Waals surface area contributed by atoms with Crippen LogP contribution in [-0.2, 0) is 33.0 Å². The number of piperazine rings is 1. The second-order valence-corrected chi connectivity index (χ2v) is 10.6. The molecule has 0 bridgehead atoms. The highest BCUT2D eigenvalue weighted by Gasteiger charge is 2.30.